The Hall–Kier alpha value is -3.49. The van der Waals surface area contributed by atoms with Crippen molar-refractivity contribution in [1.82, 2.24) is 20.3 Å². The fourth-order valence-corrected chi connectivity index (χ4v) is 2.68. The SMILES string of the molecule is [2H]C([2H])([2H])[C@@]([2H])(NC(=O)Cc1ccc(-c2nccnc2C)cc1)c1ccc(OCC(F)(F)F)cn1. The number of pyridine rings is 1. The van der Waals surface area contributed by atoms with Crippen LogP contribution in [0.5, 0.6) is 5.75 Å². The average Bonchev–Trinajstić information content (AvgIpc) is 2.77. The summed E-state index contributed by atoms with van der Waals surface area (Å²) in [6.07, 6.45) is -0.766. The third-order valence-corrected chi connectivity index (χ3v) is 4.13. The summed E-state index contributed by atoms with van der Waals surface area (Å²) in [6, 6.07) is 6.30. The van der Waals surface area contributed by atoms with Crippen LogP contribution in [0.25, 0.3) is 11.3 Å². The number of amides is 1. The fraction of sp³-hybridized carbons (Fsp3) is 0.273. The smallest absolute Gasteiger partial charge is 0.422 e. The highest BCUT2D eigenvalue weighted by Gasteiger charge is 2.28. The predicted molar refractivity (Wildman–Crippen MR) is 108 cm³/mol. The molecular weight excluding hydrogens is 409 g/mol. The van der Waals surface area contributed by atoms with E-state index in [9.17, 15) is 18.0 Å². The van der Waals surface area contributed by atoms with Crippen LogP contribution >= 0.6 is 0 Å². The Balaban J connectivity index is 1.73. The van der Waals surface area contributed by atoms with Gasteiger partial charge >= 0.3 is 6.18 Å². The summed E-state index contributed by atoms with van der Waals surface area (Å²) in [5.41, 5.74) is 2.39. The minimum atomic E-state index is -4.56. The van der Waals surface area contributed by atoms with Crippen LogP contribution in [-0.4, -0.2) is 33.6 Å². The molecule has 0 radical (unpaired) electrons. The molecule has 1 amide bonds. The van der Waals surface area contributed by atoms with Crippen molar-refractivity contribution in [2.24, 2.45) is 0 Å². The maximum absolute atomic E-state index is 12.7. The van der Waals surface area contributed by atoms with Gasteiger partial charge in [-0.25, -0.2) is 0 Å². The van der Waals surface area contributed by atoms with Gasteiger partial charge in [0.15, 0.2) is 6.61 Å². The number of nitrogens with zero attached hydrogens (tertiary/aromatic N) is 3. The summed E-state index contributed by atoms with van der Waals surface area (Å²) in [5, 5.41) is 2.19. The molecule has 31 heavy (non-hydrogen) atoms. The summed E-state index contributed by atoms with van der Waals surface area (Å²) in [4.78, 5) is 24.9. The molecule has 1 N–H and O–H groups in total. The second-order valence-corrected chi connectivity index (χ2v) is 6.57. The molecule has 2 heterocycles. The van der Waals surface area contributed by atoms with Crippen molar-refractivity contribution < 1.29 is 28.2 Å². The lowest BCUT2D eigenvalue weighted by Gasteiger charge is -2.14. The Morgan fingerprint density at radius 1 is 1.16 bits per heavy atom. The number of nitrogens with one attached hydrogen (secondary N) is 1. The van der Waals surface area contributed by atoms with Crippen molar-refractivity contribution in [3.8, 4) is 17.0 Å². The van der Waals surface area contributed by atoms with Gasteiger partial charge in [-0.15, -0.1) is 0 Å². The highest BCUT2D eigenvalue weighted by molar-refractivity contribution is 5.79. The molecule has 162 valence electrons. The number of hydrogen-bond acceptors (Lipinski definition) is 5. The zero-order valence-electron chi connectivity index (χ0n) is 20.4. The molecule has 0 aliphatic heterocycles. The molecule has 0 aliphatic carbocycles. The first kappa shape index (κ1) is 17.2. The van der Waals surface area contributed by atoms with Crippen molar-refractivity contribution in [1.29, 1.82) is 0 Å². The van der Waals surface area contributed by atoms with E-state index >= 15 is 0 Å². The minimum absolute atomic E-state index is 0.219. The summed E-state index contributed by atoms with van der Waals surface area (Å²) in [6.45, 7) is -2.77. The van der Waals surface area contributed by atoms with Crippen LogP contribution in [-0.2, 0) is 11.2 Å². The third-order valence-electron chi connectivity index (χ3n) is 4.13. The molecule has 0 unspecified atom stereocenters. The van der Waals surface area contributed by atoms with Crippen LogP contribution in [0.3, 0.4) is 0 Å². The van der Waals surface area contributed by atoms with Gasteiger partial charge in [0.2, 0.25) is 5.91 Å². The van der Waals surface area contributed by atoms with E-state index in [0.29, 0.717) is 11.3 Å². The number of alkyl halides is 3. The second kappa shape index (κ2) is 9.55. The van der Waals surface area contributed by atoms with E-state index in [1.807, 2.05) is 6.92 Å². The number of aryl methyl sites for hydroxylation is 1. The van der Waals surface area contributed by atoms with E-state index in [2.05, 4.69) is 25.0 Å². The van der Waals surface area contributed by atoms with Gasteiger partial charge in [-0.2, -0.15) is 13.2 Å². The first-order valence-electron chi connectivity index (χ1n) is 11.1. The van der Waals surface area contributed by atoms with Gasteiger partial charge in [0.25, 0.3) is 0 Å². The van der Waals surface area contributed by atoms with E-state index in [0.717, 1.165) is 29.6 Å². The van der Waals surface area contributed by atoms with Crippen molar-refractivity contribution >= 4 is 5.91 Å². The molecule has 9 heteroatoms. The standard InChI is InChI=1S/C22H21F3N4O2/c1-14(19-8-7-18(12-28-19)31-13-22(23,24)25)29-20(30)11-16-3-5-17(6-4-16)21-15(2)26-9-10-27-21/h3-10,12,14H,11,13H2,1-2H3,(H,29,30)/t14-/m1/s1/i1D3,14D. The zero-order valence-corrected chi connectivity index (χ0v) is 16.4. The molecule has 3 rings (SSSR count). The Kier molecular flexibility index (Phi) is 5.30. The van der Waals surface area contributed by atoms with Crippen molar-refractivity contribution in [3.63, 3.8) is 0 Å². The Morgan fingerprint density at radius 2 is 1.90 bits per heavy atom. The van der Waals surface area contributed by atoms with E-state index in [4.69, 9.17) is 5.48 Å². The zero-order chi connectivity index (χ0) is 25.9. The van der Waals surface area contributed by atoms with E-state index in [1.54, 1.807) is 36.7 Å². The van der Waals surface area contributed by atoms with Gasteiger partial charge in [-0.05, 0) is 31.5 Å². The van der Waals surface area contributed by atoms with Crippen molar-refractivity contribution in [2.75, 3.05) is 6.61 Å². The average molecular weight is 434 g/mol. The molecule has 0 saturated heterocycles. The molecule has 0 fully saturated rings. The lowest BCUT2D eigenvalue weighted by Crippen LogP contribution is -2.28. The summed E-state index contributed by atoms with van der Waals surface area (Å²) in [7, 11) is 0. The molecule has 0 aliphatic rings. The van der Waals surface area contributed by atoms with Crippen LogP contribution in [0.2, 0.25) is 0 Å². The monoisotopic (exact) mass is 434 g/mol. The minimum Gasteiger partial charge on any atom is -0.483 e. The topological polar surface area (TPSA) is 77.0 Å². The largest absolute Gasteiger partial charge is 0.483 e. The molecule has 3 aromatic rings. The highest BCUT2D eigenvalue weighted by Crippen LogP contribution is 2.21. The van der Waals surface area contributed by atoms with Crippen LogP contribution < -0.4 is 10.1 Å². The fourth-order valence-electron chi connectivity index (χ4n) is 2.68. The first-order chi connectivity index (χ1) is 16.3. The maximum atomic E-state index is 12.7. The molecule has 2 aromatic heterocycles. The third kappa shape index (κ3) is 6.50. The first-order valence-corrected chi connectivity index (χ1v) is 9.12. The number of rotatable bonds is 7. The van der Waals surface area contributed by atoms with Crippen molar-refractivity contribution in [2.45, 2.75) is 32.4 Å². The number of ether oxygens (including phenoxy) is 1. The van der Waals surface area contributed by atoms with Crippen LogP contribution in [0, 0.1) is 6.92 Å². The van der Waals surface area contributed by atoms with Crippen LogP contribution in [0.15, 0.2) is 55.0 Å². The molecule has 0 saturated carbocycles. The van der Waals surface area contributed by atoms with Gasteiger partial charge in [0, 0.05) is 22.1 Å². The number of aromatic nitrogens is 3. The molecule has 1 atom stereocenters. The van der Waals surface area contributed by atoms with Crippen LogP contribution in [0.1, 0.15) is 35.3 Å². The van der Waals surface area contributed by atoms with Gasteiger partial charge in [-0.3, -0.25) is 19.7 Å². The molecule has 0 bridgehead atoms. The quantitative estimate of drug-likeness (QED) is 0.603. The number of carbonyl (C=O) groups is 1. The Bertz CT molecular complexity index is 1170. The number of hydrogen-bond donors (Lipinski definition) is 1. The summed E-state index contributed by atoms with van der Waals surface area (Å²) in [5.74, 6) is -1.01. The number of halogens is 3. The number of benzene rings is 1. The lowest BCUT2D eigenvalue weighted by atomic mass is 10.1. The highest BCUT2D eigenvalue weighted by atomic mass is 19.4. The van der Waals surface area contributed by atoms with Gasteiger partial charge < -0.3 is 10.1 Å². The molecule has 1 aromatic carbocycles. The summed E-state index contributed by atoms with van der Waals surface area (Å²) >= 11 is 0. The molecule has 0 spiro atoms. The van der Waals surface area contributed by atoms with Gasteiger partial charge in [0.1, 0.15) is 5.75 Å². The van der Waals surface area contributed by atoms with E-state index < -0.39 is 31.6 Å². The van der Waals surface area contributed by atoms with Crippen molar-refractivity contribution in [3.05, 3.63) is 71.9 Å². The normalized spacial score (nSPS) is 15.6. The molecule has 6 nitrogen and oxygen atoms in total. The summed E-state index contributed by atoms with van der Waals surface area (Å²) < 4.78 is 73.2. The second-order valence-electron chi connectivity index (χ2n) is 6.57. The number of carbonyl (C=O) groups excluding carboxylic acids is 1. The Labute approximate surface area is 183 Å². The maximum Gasteiger partial charge on any atom is 0.422 e. The van der Waals surface area contributed by atoms with Crippen LogP contribution in [0.4, 0.5) is 13.2 Å². The van der Waals surface area contributed by atoms with E-state index in [-0.39, 0.29) is 17.9 Å². The van der Waals surface area contributed by atoms with Gasteiger partial charge in [0.05, 0.1) is 37.1 Å². The van der Waals surface area contributed by atoms with E-state index in [1.165, 1.54) is 0 Å². The van der Waals surface area contributed by atoms with Gasteiger partial charge in [-0.1, -0.05) is 24.3 Å². The Morgan fingerprint density at radius 3 is 2.52 bits per heavy atom. The molecular formula is C22H21F3N4O2. The lowest BCUT2D eigenvalue weighted by molar-refractivity contribution is -0.153. The predicted octanol–water partition coefficient (Wildman–Crippen LogP) is 4.21.